The summed E-state index contributed by atoms with van der Waals surface area (Å²) in [6, 6.07) is 10.9. The molecule has 0 saturated carbocycles. The van der Waals surface area contributed by atoms with Crippen LogP contribution in [0.25, 0.3) is 6.08 Å². The second-order valence-corrected chi connectivity index (χ2v) is 9.00. The van der Waals surface area contributed by atoms with Gasteiger partial charge in [-0.1, -0.05) is 19.1 Å². The molecule has 1 aliphatic heterocycles. The van der Waals surface area contributed by atoms with Crippen molar-refractivity contribution in [3.63, 3.8) is 0 Å². The first-order valence-electron chi connectivity index (χ1n) is 9.83. The first-order chi connectivity index (χ1) is 14.8. The molecule has 0 aliphatic carbocycles. The van der Waals surface area contributed by atoms with Gasteiger partial charge in [-0.25, -0.2) is 0 Å². The van der Waals surface area contributed by atoms with E-state index in [-0.39, 0.29) is 23.7 Å². The lowest BCUT2D eigenvalue weighted by Gasteiger charge is -2.11. The van der Waals surface area contributed by atoms with E-state index in [2.05, 4.69) is 21.2 Å². The maximum absolute atomic E-state index is 12.3. The zero-order valence-corrected chi connectivity index (χ0v) is 19.9. The number of amides is 3. The summed E-state index contributed by atoms with van der Waals surface area (Å²) in [6.07, 6.45) is 2.42. The average molecular weight is 503 g/mol. The Morgan fingerprint density at radius 3 is 2.52 bits per heavy atom. The van der Waals surface area contributed by atoms with Gasteiger partial charge in [0.25, 0.3) is 17.1 Å². The number of imide groups is 1. The van der Waals surface area contributed by atoms with Gasteiger partial charge in [-0.05, 0) is 95.0 Å². The van der Waals surface area contributed by atoms with Crippen molar-refractivity contribution in [3.8, 4) is 5.75 Å². The van der Waals surface area contributed by atoms with Gasteiger partial charge in [-0.2, -0.15) is 0 Å². The predicted octanol–water partition coefficient (Wildman–Crippen LogP) is 5.53. The normalized spacial score (nSPS) is 15.0. The Hall–Kier alpha value is -2.58. The third kappa shape index (κ3) is 5.77. The lowest BCUT2D eigenvalue weighted by atomic mass is 10.1. The highest BCUT2D eigenvalue weighted by atomic mass is 79.9. The summed E-state index contributed by atoms with van der Waals surface area (Å²) in [5, 5.41) is 2.60. The van der Waals surface area contributed by atoms with Gasteiger partial charge in [0.05, 0.1) is 10.6 Å². The molecule has 3 amide bonds. The quantitative estimate of drug-likeness (QED) is 0.503. The molecule has 1 aliphatic rings. The number of halogens is 1. The second-order valence-electron chi connectivity index (χ2n) is 7.16. The molecule has 1 N–H and O–H groups in total. The second kappa shape index (κ2) is 10.2. The maximum Gasteiger partial charge on any atom is 0.293 e. The van der Waals surface area contributed by atoms with Crippen LogP contribution in [-0.4, -0.2) is 35.1 Å². The van der Waals surface area contributed by atoms with Gasteiger partial charge >= 0.3 is 0 Å². The third-order valence-corrected chi connectivity index (χ3v) is 6.29. The van der Waals surface area contributed by atoms with Gasteiger partial charge < -0.3 is 10.1 Å². The summed E-state index contributed by atoms with van der Waals surface area (Å²) in [5.74, 6) is 0.00881. The molecule has 6 nitrogen and oxygen atoms in total. The Balaban J connectivity index is 1.58. The molecule has 0 unspecified atom stereocenters. The largest absolute Gasteiger partial charge is 0.484 e. The lowest BCUT2D eigenvalue weighted by Crippen LogP contribution is -2.28. The highest BCUT2D eigenvalue weighted by Crippen LogP contribution is 2.32. The molecule has 0 radical (unpaired) electrons. The Morgan fingerprint density at radius 1 is 1.16 bits per heavy atom. The zero-order chi connectivity index (χ0) is 22.5. The minimum atomic E-state index is -0.266. The standard InChI is InChI=1S/C23H23BrN2O4S/c1-4-9-26-22(28)20(31-23(26)29)12-16-5-7-17(8-6-16)30-13-21(27)25-19-11-15(3)14(2)10-18(19)24/h5-8,10-12H,4,9,13H2,1-3H3,(H,25,27)/b20-12+. The van der Waals surface area contributed by atoms with E-state index in [1.54, 1.807) is 30.3 Å². The zero-order valence-electron chi connectivity index (χ0n) is 17.5. The number of nitrogens with zero attached hydrogens (tertiary/aromatic N) is 1. The molecule has 1 heterocycles. The lowest BCUT2D eigenvalue weighted by molar-refractivity contribution is -0.122. The van der Waals surface area contributed by atoms with Crippen LogP contribution in [0.5, 0.6) is 5.75 Å². The average Bonchev–Trinajstić information content (AvgIpc) is 2.99. The van der Waals surface area contributed by atoms with Crippen molar-refractivity contribution in [1.29, 1.82) is 0 Å². The van der Waals surface area contributed by atoms with Crippen molar-refractivity contribution in [3.05, 3.63) is 62.5 Å². The fourth-order valence-electron chi connectivity index (χ4n) is 2.94. The smallest absolute Gasteiger partial charge is 0.293 e. The number of thioether (sulfide) groups is 1. The Bertz CT molecular complexity index is 1050. The Labute approximate surface area is 194 Å². The van der Waals surface area contributed by atoms with Crippen LogP contribution in [-0.2, 0) is 9.59 Å². The molecule has 1 saturated heterocycles. The van der Waals surface area contributed by atoms with Crippen LogP contribution >= 0.6 is 27.7 Å². The van der Waals surface area contributed by atoms with E-state index >= 15 is 0 Å². The third-order valence-electron chi connectivity index (χ3n) is 4.73. The molecule has 2 aromatic rings. The van der Waals surface area contributed by atoms with Gasteiger partial charge in [0, 0.05) is 11.0 Å². The van der Waals surface area contributed by atoms with Crippen LogP contribution in [0.1, 0.15) is 30.0 Å². The van der Waals surface area contributed by atoms with Crippen LogP contribution in [0, 0.1) is 13.8 Å². The highest BCUT2D eigenvalue weighted by molar-refractivity contribution is 9.10. The molecule has 0 aromatic heterocycles. The maximum atomic E-state index is 12.3. The van der Waals surface area contributed by atoms with Crippen molar-refractivity contribution in [2.24, 2.45) is 0 Å². The van der Waals surface area contributed by atoms with Crippen molar-refractivity contribution in [2.75, 3.05) is 18.5 Å². The fraction of sp³-hybridized carbons (Fsp3) is 0.261. The van der Waals surface area contributed by atoms with Gasteiger partial charge in [0.15, 0.2) is 6.61 Å². The number of hydrogen-bond acceptors (Lipinski definition) is 5. The minimum absolute atomic E-state index is 0.130. The molecular formula is C23H23BrN2O4S. The molecule has 3 rings (SSSR count). The number of ether oxygens (including phenoxy) is 1. The summed E-state index contributed by atoms with van der Waals surface area (Å²) in [4.78, 5) is 38.2. The van der Waals surface area contributed by atoms with E-state index in [1.165, 1.54) is 4.90 Å². The molecule has 0 spiro atoms. The Kier molecular flexibility index (Phi) is 7.56. The monoisotopic (exact) mass is 502 g/mol. The molecular weight excluding hydrogens is 480 g/mol. The molecule has 0 atom stereocenters. The van der Waals surface area contributed by atoms with E-state index in [9.17, 15) is 14.4 Å². The van der Waals surface area contributed by atoms with Crippen LogP contribution < -0.4 is 10.1 Å². The molecule has 8 heteroatoms. The number of anilines is 1. The molecule has 2 aromatic carbocycles. The summed E-state index contributed by atoms with van der Waals surface area (Å²) in [6.45, 7) is 6.21. The highest BCUT2D eigenvalue weighted by Gasteiger charge is 2.34. The fourth-order valence-corrected chi connectivity index (χ4v) is 4.36. The number of aryl methyl sites for hydroxylation is 2. The van der Waals surface area contributed by atoms with E-state index in [1.807, 2.05) is 32.9 Å². The predicted molar refractivity (Wildman–Crippen MR) is 127 cm³/mol. The summed E-state index contributed by atoms with van der Waals surface area (Å²) >= 11 is 4.41. The van der Waals surface area contributed by atoms with Crippen LogP contribution in [0.4, 0.5) is 10.5 Å². The minimum Gasteiger partial charge on any atom is -0.484 e. The van der Waals surface area contributed by atoms with Crippen LogP contribution in [0.3, 0.4) is 0 Å². The number of nitrogens with one attached hydrogen (secondary N) is 1. The van der Waals surface area contributed by atoms with Gasteiger partial charge in [0.1, 0.15) is 5.75 Å². The van der Waals surface area contributed by atoms with Gasteiger partial charge in [0.2, 0.25) is 0 Å². The van der Waals surface area contributed by atoms with Gasteiger partial charge in [-0.3, -0.25) is 19.3 Å². The molecule has 31 heavy (non-hydrogen) atoms. The van der Waals surface area contributed by atoms with Crippen molar-refractivity contribution in [2.45, 2.75) is 27.2 Å². The molecule has 0 bridgehead atoms. The first kappa shape index (κ1) is 23.1. The molecule has 1 fully saturated rings. The van der Waals surface area contributed by atoms with Crippen molar-refractivity contribution < 1.29 is 19.1 Å². The topological polar surface area (TPSA) is 75.7 Å². The number of carbonyl (C=O) groups excluding carboxylic acids is 3. The number of carbonyl (C=O) groups is 3. The van der Waals surface area contributed by atoms with E-state index in [0.29, 0.717) is 22.9 Å². The Morgan fingerprint density at radius 2 is 1.84 bits per heavy atom. The summed E-state index contributed by atoms with van der Waals surface area (Å²) in [5.41, 5.74) is 3.70. The SMILES string of the molecule is CCCN1C(=O)S/C(=C/c2ccc(OCC(=O)Nc3cc(C)c(C)cc3Br)cc2)C1=O. The van der Waals surface area contributed by atoms with Crippen LogP contribution in [0.2, 0.25) is 0 Å². The van der Waals surface area contributed by atoms with Gasteiger partial charge in [-0.15, -0.1) is 0 Å². The van der Waals surface area contributed by atoms with Crippen LogP contribution in [0.15, 0.2) is 45.8 Å². The summed E-state index contributed by atoms with van der Waals surface area (Å²) in [7, 11) is 0. The van der Waals surface area contributed by atoms with E-state index < -0.39 is 0 Å². The van der Waals surface area contributed by atoms with Crippen molar-refractivity contribution in [1.82, 2.24) is 4.90 Å². The molecule has 162 valence electrons. The number of benzene rings is 2. The van der Waals surface area contributed by atoms with E-state index in [4.69, 9.17) is 4.74 Å². The van der Waals surface area contributed by atoms with E-state index in [0.717, 1.165) is 39.3 Å². The summed E-state index contributed by atoms with van der Waals surface area (Å²) < 4.78 is 6.38. The first-order valence-corrected chi connectivity index (χ1v) is 11.4. The van der Waals surface area contributed by atoms with Crippen molar-refractivity contribution >= 4 is 56.5 Å². The number of rotatable bonds is 7. The number of hydrogen-bond donors (Lipinski definition) is 1.